The van der Waals surface area contributed by atoms with E-state index in [-0.39, 0.29) is 17.3 Å². The van der Waals surface area contributed by atoms with Crippen LogP contribution in [0.4, 0.5) is 4.39 Å². The predicted molar refractivity (Wildman–Crippen MR) is 91.2 cm³/mol. The normalized spacial score (nSPS) is 11.1. The quantitative estimate of drug-likeness (QED) is 0.486. The van der Waals surface area contributed by atoms with E-state index in [9.17, 15) is 9.18 Å². The van der Waals surface area contributed by atoms with Gasteiger partial charge in [-0.25, -0.2) is 4.39 Å². The van der Waals surface area contributed by atoms with E-state index in [0.717, 1.165) is 28.2 Å². The molecule has 118 valence electrons. The lowest BCUT2D eigenvalue weighted by Gasteiger charge is -2.02. The number of carbonyl (C=O) groups excluding carboxylic acids is 1. The highest BCUT2D eigenvalue weighted by Crippen LogP contribution is 2.29. The molecular formula is C18H17FN2OS. The van der Waals surface area contributed by atoms with Crippen molar-refractivity contribution in [1.29, 1.82) is 5.26 Å². The Bertz CT molecular complexity index is 741. The zero-order valence-electron chi connectivity index (χ0n) is 12.8. The van der Waals surface area contributed by atoms with Crippen LogP contribution in [0.15, 0.2) is 42.0 Å². The first-order chi connectivity index (χ1) is 11.1. The Hall–Kier alpha value is -2.45. The molecule has 1 heterocycles. The Morgan fingerprint density at radius 1 is 1.30 bits per heavy atom. The summed E-state index contributed by atoms with van der Waals surface area (Å²) in [6, 6.07) is 11.9. The lowest BCUT2D eigenvalue weighted by atomic mass is 10.2. The van der Waals surface area contributed by atoms with E-state index in [1.165, 1.54) is 23.5 Å². The Kier molecular flexibility index (Phi) is 6.07. The summed E-state index contributed by atoms with van der Waals surface area (Å²) in [4.78, 5) is 13.7. The van der Waals surface area contributed by atoms with Crippen molar-refractivity contribution in [3.8, 4) is 16.5 Å². The molecule has 23 heavy (non-hydrogen) atoms. The minimum Gasteiger partial charge on any atom is -0.351 e. The first kappa shape index (κ1) is 16.9. The number of nitrogens with one attached hydrogen (secondary N) is 1. The second-order valence-electron chi connectivity index (χ2n) is 4.99. The van der Waals surface area contributed by atoms with Crippen LogP contribution in [0.25, 0.3) is 16.5 Å². The number of carbonyl (C=O) groups is 1. The third-order valence-electron chi connectivity index (χ3n) is 3.22. The number of nitriles is 1. The molecule has 2 aromatic rings. The van der Waals surface area contributed by atoms with Crippen molar-refractivity contribution in [1.82, 2.24) is 5.32 Å². The summed E-state index contributed by atoms with van der Waals surface area (Å²) in [5, 5.41) is 11.9. The molecule has 0 spiro atoms. The lowest BCUT2D eigenvalue weighted by Crippen LogP contribution is -2.25. The third kappa shape index (κ3) is 4.76. The SMILES string of the molecule is CCCCNC(=O)/C(C#N)=C/c1ccc(-c2ccc(F)cc2)s1. The molecule has 3 nitrogen and oxygen atoms in total. The number of hydrogen-bond donors (Lipinski definition) is 1. The molecule has 0 bridgehead atoms. The molecule has 1 amide bonds. The fourth-order valence-corrected chi connectivity index (χ4v) is 2.92. The number of thiophene rings is 1. The summed E-state index contributed by atoms with van der Waals surface area (Å²) in [6.07, 6.45) is 3.45. The van der Waals surface area contributed by atoms with Crippen LogP contribution in [0.2, 0.25) is 0 Å². The molecule has 0 atom stereocenters. The number of nitrogens with zero attached hydrogens (tertiary/aromatic N) is 1. The summed E-state index contributed by atoms with van der Waals surface area (Å²) in [5.41, 5.74) is 0.996. The van der Waals surface area contributed by atoms with Crippen molar-refractivity contribution in [2.24, 2.45) is 0 Å². The number of rotatable bonds is 6. The summed E-state index contributed by atoms with van der Waals surface area (Å²) in [7, 11) is 0. The largest absolute Gasteiger partial charge is 0.351 e. The highest BCUT2D eigenvalue weighted by Gasteiger charge is 2.09. The first-order valence-corrected chi connectivity index (χ1v) is 8.21. The molecule has 1 N–H and O–H groups in total. The second kappa shape index (κ2) is 8.25. The molecule has 0 aliphatic rings. The maximum Gasteiger partial charge on any atom is 0.261 e. The van der Waals surface area contributed by atoms with Crippen LogP contribution in [-0.2, 0) is 4.79 Å². The number of benzene rings is 1. The summed E-state index contributed by atoms with van der Waals surface area (Å²) < 4.78 is 13.0. The molecule has 1 aromatic heterocycles. The smallest absolute Gasteiger partial charge is 0.261 e. The van der Waals surface area contributed by atoms with Gasteiger partial charge in [0.15, 0.2) is 0 Å². The van der Waals surface area contributed by atoms with Crippen molar-refractivity contribution in [2.75, 3.05) is 6.54 Å². The van der Waals surface area contributed by atoms with E-state index in [1.807, 2.05) is 25.1 Å². The van der Waals surface area contributed by atoms with Crippen LogP contribution in [0, 0.1) is 17.1 Å². The van der Waals surface area contributed by atoms with Gasteiger partial charge in [-0.3, -0.25) is 4.79 Å². The van der Waals surface area contributed by atoms with Crippen LogP contribution in [0.1, 0.15) is 24.6 Å². The molecule has 0 aliphatic carbocycles. The van der Waals surface area contributed by atoms with Gasteiger partial charge in [0.25, 0.3) is 5.91 Å². The third-order valence-corrected chi connectivity index (χ3v) is 4.30. The van der Waals surface area contributed by atoms with Gasteiger partial charge in [0.2, 0.25) is 0 Å². The van der Waals surface area contributed by atoms with Gasteiger partial charge in [-0.2, -0.15) is 5.26 Å². The van der Waals surface area contributed by atoms with E-state index in [1.54, 1.807) is 18.2 Å². The summed E-state index contributed by atoms with van der Waals surface area (Å²) in [6.45, 7) is 2.61. The summed E-state index contributed by atoms with van der Waals surface area (Å²) >= 11 is 1.45. The molecule has 2 rings (SSSR count). The van der Waals surface area contributed by atoms with Crippen LogP contribution in [-0.4, -0.2) is 12.5 Å². The fourth-order valence-electron chi connectivity index (χ4n) is 1.96. The van der Waals surface area contributed by atoms with E-state index in [0.29, 0.717) is 6.54 Å². The van der Waals surface area contributed by atoms with Crippen LogP contribution in [0.3, 0.4) is 0 Å². The van der Waals surface area contributed by atoms with Gasteiger partial charge in [-0.1, -0.05) is 25.5 Å². The van der Waals surface area contributed by atoms with Crippen molar-refractivity contribution in [3.05, 3.63) is 52.7 Å². The molecule has 1 aromatic carbocycles. The highest BCUT2D eigenvalue weighted by molar-refractivity contribution is 7.16. The first-order valence-electron chi connectivity index (χ1n) is 7.40. The van der Waals surface area contributed by atoms with Crippen molar-refractivity contribution in [3.63, 3.8) is 0 Å². The fraction of sp³-hybridized carbons (Fsp3) is 0.222. The zero-order chi connectivity index (χ0) is 16.7. The number of halogens is 1. The molecular weight excluding hydrogens is 311 g/mol. The molecule has 0 fully saturated rings. The monoisotopic (exact) mass is 328 g/mol. The lowest BCUT2D eigenvalue weighted by molar-refractivity contribution is -0.117. The highest BCUT2D eigenvalue weighted by atomic mass is 32.1. The van der Waals surface area contributed by atoms with Crippen LogP contribution in [0.5, 0.6) is 0 Å². The standard InChI is InChI=1S/C18H17FN2OS/c1-2-3-10-21-18(22)14(12-20)11-16-8-9-17(23-16)13-4-6-15(19)7-5-13/h4-9,11H,2-3,10H2,1H3,(H,21,22)/b14-11+. The average Bonchev–Trinajstić information content (AvgIpc) is 3.02. The number of unbranched alkanes of at least 4 members (excludes halogenated alkanes) is 1. The minimum absolute atomic E-state index is 0.0913. The molecule has 0 saturated heterocycles. The molecule has 0 aliphatic heterocycles. The van der Waals surface area contributed by atoms with Crippen LogP contribution >= 0.6 is 11.3 Å². The Labute approximate surface area is 139 Å². The summed E-state index contributed by atoms with van der Waals surface area (Å²) in [5.74, 6) is -0.626. The van der Waals surface area contributed by atoms with E-state index in [4.69, 9.17) is 5.26 Å². The molecule has 0 radical (unpaired) electrons. The van der Waals surface area contributed by atoms with E-state index in [2.05, 4.69) is 5.32 Å². The van der Waals surface area contributed by atoms with Gasteiger partial charge in [-0.05, 0) is 42.3 Å². The van der Waals surface area contributed by atoms with E-state index < -0.39 is 0 Å². The Morgan fingerprint density at radius 3 is 2.70 bits per heavy atom. The van der Waals surface area contributed by atoms with Crippen molar-refractivity contribution >= 4 is 23.3 Å². The van der Waals surface area contributed by atoms with Gasteiger partial charge >= 0.3 is 0 Å². The van der Waals surface area contributed by atoms with E-state index >= 15 is 0 Å². The Balaban J connectivity index is 2.13. The van der Waals surface area contributed by atoms with Crippen LogP contribution < -0.4 is 5.32 Å². The minimum atomic E-state index is -0.349. The molecule has 0 unspecified atom stereocenters. The van der Waals surface area contributed by atoms with Gasteiger partial charge in [-0.15, -0.1) is 11.3 Å². The zero-order valence-corrected chi connectivity index (χ0v) is 13.6. The maximum atomic E-state index is 13.0. The number of amides is 1. The van der Waals surface area contributed by atoms with Gasteiger partial charge in [0.05, 0.1) is 0 Å². The predicted octanol–water partition coefficient (Wildman–Crippen LogP) is 4.38. The van der Waals surface area contributed by atoms with Crippen molar-refractivity contribution in [2.45, 2.75) is 19.8 Å². The van der Waals surface area contributed by atoms with Gasteiger partial charge < -0.3 is 5.32 Å². The van der Waals surface area contributed by atoms with Gasteiger partial charge in [0.1, 0.15) is 17.5 Å². The molecule has 0 saturated carbocycles. The Morgan fingerprint density at radius 2 is 2.04 bits per heavy atom. The second-order valence-corrected chi connectivity index (χ2v) is 6.10. The van der Waals surface area contributed by atoms with Gasteiger partial charge in [0, 0.05) is 16.3 Å². The van der Waals surface area contributed by atoms with Crippen molar-refractivity contribution < 1.29 is 9.18 Å². The number of hydrogen-bond acceptors (Lipinski definition) is 3. The maximum absolute atomic E-state index is 13.0. The molecule has 5 heteroatoms. The topological polar surface area (TPSA) is 52.9 Å². The average molecular weight is 328 g/mol.